The molecule has 0 unspecified atom stereocenters. The molecule has 2 aromatic rings. The lowest BCUT2D eigenvalue weighted by Gasteiger charge is -2.25. The second-order valence-electron chi connectivity index (χ2n) is 5.99. The van der Waals surface area contributed by atoms with Crippen LogP contribution in [0, 0.1) is 0 Å². The molecule has 1 aromatic heterocycles. The average Bonchev–Trinajstić information content (AvgIpc) is 2.79. The molecule has 0 saturated heterocycles. The third kappa shape index (κ3) is 4.79. The van der Waals surface area contributed by atoms with E-state index in [0.717, 1.165) is 23.4 Å². The van der Waals surface area contributed by atoms with Crippen molar-refractivity contribution >= 4 is 27.5 Å². The zero-order chi connectivity index (χ0) is 15.5. The largest absolute Gasteiger partial charge is 0.389 e. The number of carbonyl (C=O) groups excluding carboxylic acids is 1. The predicted molar refractivity (Wildman–Crippen MR) is 86.5 cm³/mol. The molecule has 1 aromatic carbocycles. The summed E-state index contributed by atoms with van der Waals surface area (Å²) in [6.45, 7) is 3.77. The maximum absolute atomic E-state index is 12.0. The van der Waals surface area contributed by atoms with Crippen molar-refractivity contribution in [3.05, 3.63) is 29.3 Å². The highest BCUT2D eigenvalue weighted by Gasteiger charge is 2.19. The molecule has 4 nitrogen and oxygen atoms in total. The Morgan fingerprint density at radius 1 is 1.38 bits per heavy atom. The highest BCUT2D eigenvalue weighted by molar-refractivity contribution is 7.18. The molecule has 0 spiro atoms. The van der Waals surface area contributed by atoms with Gasteiger partial charge in [-0.1, -0.05) is 12.1 Å². The van der Waals surface area contributed by atoms with E-state index in [-0.39, 0.29) is 5.91 Å². The molecule has 0 bridgehead atoms. The first-order valence-electron chi connectivity index (χ1n) is 7.16. The maximum Gasteiger partial charge on any atom is 0.222 e. The Bertz CT molecular complexity index is 583. The van der Waals surface area contributed by atoms with Gasteiger partial charge in [-0.25, -0.2) is 4.98 Å². The predicted octanol–water partition coefficient (Wildman–Crippen LogP) is 2.85. The number of aliphatic hydroxyl groups is 1. The van der Waals surface area contributed by atoms with Gasteiger partial charge in [0, 0.05) is 20.0 Å². The monoisotopic (exact) mass is 306 g/mol. The van der Waals surface area contributed by atoms with Crippen molar-refractivity contribution < 1.29 is 9.90 Å². The van der Waals surface area contributed by atoms with Gasteiger partial charge in [0.05, 0.1) is 20.8 Å². The third-order valence-electron chi connectivity index (χ3n) is 3.17. The van der Waals surface area contributed by atoms with Crippen molar-refractivity contribution in [2.75, 3.05) is 13.6 Å². The lowest BCUT2D eigenvalue weighted by atomic mass is 10.1. The van der Waals surface area contributed by atoms with Crippen LogP contribution < -0.4 is 0 Å². The smallest absolute Gasteiger partial charge is 0.222 e. The lowest BCUT2D eigenvalue weighted by molar-refractivity contribution is -0.132. The van der Waals surface area contributed by atoms with Crippen LogP contribution in [-0.2, 0) is 11.2 Å². The molecule has 0 aliphatic heterocycles. The number of thiazole rings is 1. The van der Waals surface area contributed by atoms with E-state index in [4.69, 9.17) is 0 Å². The van der Waals surface area contributed by atoms with Crippen LogP contribution >= 0.6 is 11.3 Å². The highest BCUT2D eigenvalue weighted by atomic mass is 32.1. The zero-order valence-corrected chi connectivity index (χ0v) is 13.6. The van der Waals surface area contributed by atoms with Crippen molar-refractivity contribution in [2.24, 2.45) is 0 Å². The van der Waals surface area contributed by atoms with Crippen LogP contribution in [0.4, 0.5) is 0 Å². The summed E-state index contributed by atoms with van der Waals surface area (Å²) in [5, 5.41) is 10.8. The number of aromatic nitrogens is 1. The number of benzene rings is 1. The first kappa shape index (κ1) is 15.9. The minimum absolute atomic E-state index is 0.0678. The van der Waals surface area contributed by atoms with E-state index in [1.165, 1.54) is 4.70 Å². The summed E-state index contributed by atoms with van der Waals surface area (Å²) in [5.74, 6) is 0.0678. The maximum atomic E-state index is 12.0. The molecule has 0 aliphatic rings. The summed E-state index contributed by atoms with van der Waals surface area (Å²) in [5.41, 5.74) is 0.181. The van der Waals surface area contributed by atoms with Crippen LogP contribution in [0.25, 0.3) is 10.2 Å². The Morgan fingerprint density at radius 2 is 2.10 bits per heavy atom. The van der Waals surface area contributed by atoms with Gasteiger partial charge in [-0.3, -0.25) is 4.79 Å². The van der Waals surface area contributed by atoms with Gasteiger partial charge in [-0.05, 0) is 38.8 Å². The van der Waals surface area contributed by atoms with Crippen molar-refractivity contribution in [1.29, 1.82) is 0 Å². The van der Waals surface area contributed by atoms with E-state index in [1.54, 1.807) is 37.1 Å². The molecule has 1 amide bonds. The van der Waals surface area contributed by atoms with Crippen LogP contribution in [0.2, 0.25) is 0 Å². The zero-order valence-electron chi connectivity index (χ0n) is 12.8. The second-order valence-corrected chi connectivity index (χ2v) is 7.11. The fourth-order valence-electron chi connectivity index (χ4n) is 2.28. The molecule has 0 fully saturated rings. The molecular formula is C16H22N2O2S. The number of para-hydroxylation sites is 1. The molecule has 0 aliphatic carbocycles. The van der Waals surface area contributed by atoms with E-state index in [1.807, 2.05) is 18.2 Å². The van der Waals surface area contributed by atoms with Crippen LogP contribution in [-0.4, -0.2) is 40.1 Å². The van der Waals surface area contributed by atoms with Gasteiger partial charge >= 0.3 is 0 Å². The van der Waals surface area contributed by atoms with Gasteiger partial charge in [-0.2, -0.15) is 0 Å². The summed E-state index contributed by atoms with van der Waals surface area (Å²) in [6.07, 6.45) is 2.10. The molecule has 1 heterocycles. The number of fused-ring (bicyclic) bond motifs is 1. The summed E-state index contributed by atoms with van der Waals surface area (Å²) in [6, 6.07) is 8.08. The number of carbonyl (C=O) groups is 1. The van der Waals surface area contributed by atoms with Crippen LogP contribution in [0.15, 0.2) is 24.3 Å². The summed E-state index contributed by atoms with van der Waals surface area (Å²) >= 11 is 1.69. The number of nitrogens with zero attached hydrogens (tertiary/aromatic N) is 2. The van der Waals surface area contributed by atoms with Gasteiger partial charge in [0.2, 0.25) is 5.91 Å². The fraction of sp³-hybridized carbons (Fsp3) is 0.500. The first-order chi connectivity index (χ1) is 9.85. The molecule has 1 N–H and O–H groups in total. The van der Waals surface area contributed by atoms with E-state index < -0.39 is 5.60 Å². The van der Waals surface area contributed by atoms with Crippen LogP contribution in [0.3, 0.4) is 0 Å². The minimum atomic E-state index is -0.850. The Labute approximate surface area is 129 Å². The van der Waals surface area contributed by atoms with E-state index in [2.05, 4.69) is 11.1 Å². The normalized spacial score (nSPS) is 11.8. The number of hydrogen-bond acceptors (Lipinski definition) is 4. The molecule has 5 heteroatoms. The topological polar surface area (TPSA) is 53.4 Å². The van der Waals surface area contributed by atoms with Gasteiger partial charge in [0.1, 0.15) is 0 Å². The molecule has 114 valence electrons. The molecule has 21 heavy (non-hydrogen) atoms. The molecule has 0 radical (unpaired) electrons. The SMILES string of the molecule is CN(CC(C)(C)O)C(=O)CCCc1nc2ccccc2s1. The van der Waals surface area contributed by atoms with Crippen molar-refractivity contribution in [2.45, 2.75) is 38.7 Å². The molecule has 0 atom stereocenters. The number of aryl methyl sites for hydroxylation is 1. The van der Waals surface area contributed by atoms with Gasteiger partial charge in [0.25, 0.3) is 0 Å². The van der Waals surface area contributed by atoms with Crippen LogP contribution in [0.1, 0.15) is 31.7 Å². The first-order valence-corrected chi connectivity index (χ1v) is 7.97. The highest BCUT2D eigenvalue weighted by Crippen LogP contribution is 2.22. The lowest BCUT2D eigenvalue weighted by Crippen LogP contribution is -2.39. The summed E-state index contributed by atoms with van der Waals surface area (Å²) < 4.78 is 1.19. The Morgan fingerprint density at radius 3 is 2.76 bits per heavy atom. The van der Waals surface area contributed by atoms with E-state index in [9.17, 15) is 9.90 Å². The van der Waals surface area contributed by atoms with Crippen molar-refractivity contribution in [1.82, 2.24) is 9.88 Å². The van der Waals surface area contributed by atoms with Crippen LogP contribution in [0.5, 0.6) is 0 Å². The number of amides is 1. The van der Waals surface area contributed by atoms with Crippen molar-refractivity contribution in [3.63, 3.8) is 0 Å². The second kappa shape index (κ2) is 6.54. The fourth-order valence-corrected chi connectivity index (χ4v) is 3.29. The molecular weight excluding hydrogens is 284 g/mol. The summed E-state index contributed by atoms with van der Waals surface area (Å²) in [7, 11) is 1.73. The van der Waals surface area contributed by atoms with Gasteiger partial charge in [0.15, 0.2) is 0 Å². The minimum Gasteiger partial charge on any atom is -0.389 e. The third-order valence-corrected chi connectivity index (χ3v) is 4.27. The van der Waals surface area contributed by atoms with E-state index in [0.29, 0.717) is 13.0 Å². The van der Waals surface area contributed by atoms with Gasteiger partial charge < -0.3 is 10.0 Å². The number of likely N-dealkylation sites (N-methyl/N-ethyl adjacent to an activating group) is 1. The number of rotatable bonds is 6. The quantitative estimate of drug-likeness (QED) is 0.893. The van der Waals surface area contributed by atoms with E-state index >= 15 is 0 Å². The molecule has 0 saturated carbocycles. The summed E-state index contributed by atoms with van der Waals surface area (Å²) in [4.78, 5) is 18.1. The Balaban J connectivity index is 1.82. The Hall–Kier alpha value is -1.46. The average molecular weight is 306 g/mol. The molecule has 2 rings (SSSR count). The van der Waals surface area contributed by atoms with Gasteiger partial charge in [-0.15, -0.1) is 11.3 Å². The van der Waals surface area contributed by atoms with Crippen molar-refractivity contribution in [3.8, 4) is 0 Å². The Kier molecular flexibility index (Phi) is 4.96. The standard InChI is InChI=1S/C16H22N2O2S/c1-16(2,20)11-18(3)15(19)10-6-9-14-17-12-7-4-5-8-13(12)21-14/h4-5,7-8,20H,6,9-11H2,1-3H3. The number of hydrogen-bond donors (Lipinski definition) is 1.